The van der Waals surface area contributed by atoms with Gasteiger partial charge in [0.2, 0.25) is 0 Å². The molecule has 8 nitrogen and oxygen atoms in total. The minimum Gasteiger partial charge on any atom is -0.477 e. The van der Waals surface area contributed by atoms with Gasteiger partial charge in [-0.2, -0.15) is 5.10 Å². The SMILES string of the molecule is Cc1c(Oc2ccc(F)c(-c3n[nH]c(Cc4ccc5[nH]c(C(=O)O)cc5c4)n3)c2)c(F)cc2[nH]ccc12. The molecule has 0 saturated carbocycles. The van der Waals surface area contributed by atoms with Crippen LogP contribution in [0.2, 0.25) is 0 Å². The molecule has 3 aromatic heterocycles. The lowest BCUT2D eigenvalue weighted by atomic mass is 10.1. The largest absolute Gasteiger partial charge is 0.477 e. The van der Waals surface area contributed by atoms with Crippen molar-refractivity contribution in [2.45, 2.75) is 13.3 Å². The molecule has 0 aliphatic heterocycles. The Hall–Kier alpha value is -4.99. The predicted octanol–water partition coefficient (Wildman–Crippen LogP) is 6.10. The molecule has 37 heavy (non-hydrogen) atoms. The van der Waals surface area contributed by atoms with Crippen molar-refractivity contribution in [3.8, 4) is 22.9 Å². The minimum absolute atomic E-state index is 0.0616. The third-order valence-electron chi connectivity index (χ3n) is 6.23. The van der Waals surface area contributed by atoms with E-state index in [2.05, 4.69) is 25.1 Å². The Morgan fingerprint density at radius 1 is 1.03 bits per heavy atom. The third kappa shape index (κ3) is 4.08. The van der Waals surface area contributed by atoms with Crippen molar-refractivity contribution >= 4 is 27.8 Å². The van der Waals surface area contributed by atoms with Crippen molar-refractivity contribution in [1.29, 1.82) is 0 Å². The molecule has 0 aliphatic rings. The molecule has 0 aliphatic carbocycles. The van der Waals surface area contributed by atoms with Crippen molar-refractivity contribution in [2.24, 2.45) is 0 Å². The number of fused-ring (bicyclic) bond motifs is 2. The summed E-state index contributed by atoms with van der Waals surface area (Å²) in [4.78, 5) is 21.4. The Morgan fingerprint density at radius 3 is 2.73 bits per heavy atom. The number of nitrogens with one attached hydrogen (secondary N) is 3. The zero-order chi connectivity index (χ0) is 25.7. The molecule has 10 heteroatoms. The van der Waals surface area contributed by atoms with Crippen molar-refractivity contribution in [3.63, 3.8) is 0 Å². The summed E-state index contributed by atoms with van der Waals surface area (Å²) in [5.41, 5.74) is 3.07. The van der Waals surface area contributed by atoms with Gasteiger partial charge in [-0.25, -0.2) is 18.6 Å². The number of nitrogens with zero attached hydrogens (tertiary/aromatic N) is 2. The number of halogens is 2. The summed E-state index contributed by atoms with van der Waals surface area (Å²) in [6.45, 7) is 1.76. The summed E-state index contributed by atoms with van der Waals surface area (Å²) in [6.07, 6.45) is 2.09. The number of aryl methyl sites for hydroxylation is 1. The number of ether oxygens (including phenoxy) is 1. The Balaban J connectivity index is 1.27. The maximum Gasteiger partial charge on any atom is 0.352 e. The average molecular weight is 499 g/mol. The van der Waals surface area contributed by atoms with Gasteiger partial charge in [-0.3, -0.25) is 5.10 Å². The molecule has 0 unspecified atom stereocenters. The van der Waals surface area contributed by atoms with Crippen LogP contribution in [0.3, 0.4) is 0 Å². The number of H-pyrrole nitrogens is 3. The monoisotopic (exact) mass is 499 g/mol. The molecule has 0 atom stereocenters. The van der Waals surface area contributed by atoms with Crippen LogP contribution < -0.4 is 4.74 Å². The number of carboxylic acid groups (broad SMARTS) is 1. The third-order valence-corrected chi connectivity index (χ3v) is 6.23. The van der Waals surface area contributed by atoms with E-state index in [1.807, 2.05) is 18.2 Å². The van der Waals surface area contributed by atoms with E-state index in [9.17, 15) is 18.7 Å². The topological polar surface area (TPSA) is 120 Å². The van der Waals surface area contributed by atoms with E-state index < -0.39 is 17.6 Å². The first-order valence-electron chi connectivity index (χ1n) is 11.4. The summed E-state index contributed by atoms with van der Waals surface area (Å²) in [5.74, 6) is -1.19. The fraction of sp³-hybridized carbons (Fsp3) is 0.0741. The highest BCUT2D eigenvalue weighted by Crippen LogP contribution is 2.35. The number of carbonyl (C=O) groups is 1. The molecule has 6 aromatic rings. The molecule has 6 rings (SSSR count). The van der Waals surface area contributed by atoms with E-state index in [1.54, 1.807) is 25.3 Å². The van der Waals surface area contributed by atoms with Gasteiger partial charge >= 0.3 is 5.97 Å². The van der Waals surface area contributed by atoms with Gasteiger partial charge < -0.3 is 19.8 Å². The lowest BCUT2D eigenvalue weighted by Crippen LogP contribution is -1.95. The zero-order valence-corrected chi connectivity index (χ0v) is 19.4. The molecule has 0 radical (unpaired) electrons. The fourth-order valence-corrected chi connectivity index (χ4v) is 4.40. The molecular weight excluding hydrogens is 480 g/mol. The highest BCUT2D eigenvalue weighted by atomic mass is 19.1. The fourth-order valence-electron chi connectivity index (χ4n) is 4.40. The van der Waals surface area contributed by atoms with Gasteiger partial charge in [0.25, 0.3) is 0 Å². The molecule has 0 amide bonds. The van der Waals surface area contributed by atoms with Gasteiger partial charge in [0, 0.05) is 46.1 Å². The first-order chi connectivity index (χ1) is 17.9. The highest BCUT2D eigenvalue weighted by molar-refractivity contribution is 5.94. The maximum atomic E-state index is 14.7. The minimum atomic E-state index is -1.03. The van der Waals surface area contributed by atoms with Gasteiger partial charge in [-0.1, -0.05) is 6.07 Å². The molecular formula is C27H19F2N5O3. The van der Waals surface area contributed by atoms with Gasteiger partial charge in [-0.05, 0) is 55.0 Å². The average Bonchev–Trinajstić information content (AvgIpc) is 3.62. The number of benzene rings is 3. The summed E-state index contributed by atoms with van der Waals surface area (Å²) in [5, 5.41) is 17.7. The lowest BCUT2D eigenvalue weighted by Gasteiger charge is -2.12. The molecule has 0 bridgehead atoms. The smallest absolute Gasteiger partial charge is 0.352 e. The van der Waals surface area contributed by atoms with Crippen molar-refractivity contribution in [3.05, 3.63) is 95.1 Å². The van der Waals surface area contributed by atoms with Crippen LogP contribution in [-0.2, 0) is 6.42 Å². The van der Waals surface area contributed by atoms with E-state index in [0.717, 1.165) is 16.3 Å². The summed E-state index contributed by atoms with van der Waals surface area (Å²) < 4.78 is 35.3. The van der Waals surface area contributed by atoms with E-state index in [1.165, 1.54) is 24.3 Å². The van der Waals surface area contributed by atoms with Gasteiger partial charge in [-0.15, -0.1) is 0 Å². The number of hydrogen-bond acceptors (Lipinski definition) is 4. The van der Waals surface area contributed by atoms with Crippen LogP contribution in [0, 0.1) is 18.6 Å². The Bertz CT molecular complexity index is 1820. The van der Waals surface area contributed by atoms with Crippen molar-refractivity contribution in [2.75, 3.05) is 0 Å². The van der Waals surface area contributed by atoms with Gasteiger partial charge in [0.1, 0.15) is 23.1 Å². The second kappa shape index (κ2) is 8.59. The normalized spacial score (nSPS) is 11.4. The van der Waals surface area contributed by atoms with Crippen LogP contribution in [-0.4, -0.2) is 36.2 Å². The second-order valence-corrected chi connectivity index (χ2v) is 8.69. The Labute approximate surface area is 207 Å². The molecule has 4 N–H and O–H groups in total. The number of aromatic nitrogens is 5. The van der Waals surface area contributed by atoms with E-state index in [0.29, 0.717) is 28.8 Å². The van der Waals surface area contributed by atoms with Crippen LogP contribution in [0.25, 0.3) is 33.2 Å². The standard InChI is InChI=1S/C27H19F2N5O3/c1-13-17-6-7-30-22(17)12-20(29)25(13)37-16-3-4-19(28)18(11-16)26-32-24(33-34-26)9-14-2-5-21-15(8-14)10-23(31-21)27(35)36/h2-8,10-12,30-31H,9H2,1H3,(H,35,36)(H,32,33,34). The summed E-state index contributed by atoms with van der Waals surface area (Å²) in [7, 11) is 0. The van der Waals surface area contributed by atoms with E-state index >= 15 is 0 Å². The Morgan fingerprint density at radius 2 is 1.89 bits per heavy atom. The molecule has 3 heterocycles. The van der Waals surface area contributed by atoms with Crippen LogP contribution in [0.15, 0.2) is 60.8 Å². The number of aromatic carboxylic acids is 1. The van der Waals surface area contributed by atoms with E-state index in [4.69, 9.17) is 4.74 Å². The molecule has 3 aromatic carbocycles. The molecule has 0 saturated heterocycles. The molecule has 0 fully saturated rings. The summed E-state index contributed by atoms with van der Waals surface area (Å²) in [6, 6.07) is 14.3. The number of aromatic amines is 3. The number of rotatable bonds is 6. The maximum absolute atomic E-state index is 14.7. The van der Waals surface area contributed by atoms with Crippen LogP contribution >= 0.6 is 0 Å². The highest BCUT2D eigenvalue weighted by Gasteiger charge is 2.17. The lowest BCUT2D eigenvalue weighted by molar-refractivity contribution is 0.0691. The number of hydrogen-bond donors (Lipinski definition) is 4. The first kappa shape index (κ1) is 22.5. The molecule has 0 spiro atoms. The number of carboxylic acids is 1. The quantitative estimate of drug-likeness (QED) is 0.221. The van der Waals surface area contributed by atoms with Crippen LogP contribution in [0.5, 0.6) is 11.5 Å². The van der Waals surface area contributed by atoms with Crippen LogP contribution in [0.1, 0.15) is 27.4 Å². The zero-order valence-electron chi connectivity index (χ0n) is 19.4. The van der Waals surface area contributed by atoms with Crippen molar-refractivity contribution < 1.29 is 23.4 Å². The second-order valence-electron chi connectivity index (χ2n) is 8.69. The van der Waals surface area contributed by atoms with Gasteiger partial charge in [0.15, 0.2) is 17.4 Å². The predicted molar refractivity (Wildman–Crippen MR) is 133 cm³/mol. The molecule has 184 valence electrons. The summed E-state index contributed by atoms with van der Waals surface area (Å²) >= 11 is 0. The Kier molecular flexibility index (Phi) is 5.22. The van der Waals surface area contributed by atoms with E-state index in [-0.39, 0.29) is 28.6 Å². The van der Waals surface area contributed by atoms with Gasteiger partial charge in [0.05, 0.1) is 5.56 Å². The van der Waals surface area contributed by atoms with Crippen LogP contribution in [0.4, 0.5) is 8.78 Å². The van der Waals surface area contributed by atoms with Crippen molar-refractivity contribution in [1.82, 2.24) is 25.1 Å². The first-order valence-corrected chi connectivity index (χ1v) is 11.4.